The first-order chi connectivity index (χ1) is 13.7. The van der Waals surface area contributed by atoms with E-state index in [1.807, 2.05) is 42.2 Å². The Morgan fingerprint density at radius 2 is 1.66 bits per heavy atom. The van der Waals surface area contributed by atoms with Crippen LogP contribution in [-0.4, -0.2) is 13.1 Å². The van der Waals surface area contributed by atoms with E-state index in [0.717, 1.165) is 42.5 Å². The lowest BCUT2D eigenvalue weighted by atomic mass is 9.69. The van der Waals surface area contributed by atoms with Crippen molar-refractivity contribution in [2.24, 2.45) is 7.05 Å². The lowest BCUT2D eigenvalue weighted by Crippen LogP contribution is -2.44. The Hall–Kier alpha value is -2.62. The third kappa shape index (κ3) is 2.72. The molecule has 0 spiro atoms. The molecule has 2 aromatic heterocycles. The largest absolute Gasteiger partial charge is 0.422 e. The lowest BCUT2D eigenvalue weighted by molar-refractivity contribution is -0.671. The van der Waals surface area contributed by atoms with Crippen LogP contribution in [-0.2, 0) is 17.9 Å². The summed E-state index contributed by atoms with van der Waals surface area (Å²) in [5.41, 5.74) is 6.04. The van der Waals surface area contributed by atoms with Crippen molar-refractivity contribution in [3.05, 3.63) is 58.2 Å². The molecule has 4 nitrogen and oxygen atoms in total. The van der Waals surface area contributed by atoms with Gasteiger partial charge in [-0.3, -0.25) is 0 Å². The average Bonchev–Trinajstić information content (AvgIpc) is 2.66. The van der Waals surface area contributed by atoms with Crippen molar-refractivity contribution in [3.63, 3.8) is 0 Å². The normalized spacial score (nSPS) is 19.3. The summed E-state index contributed by atoms with van der Waals surface area (Å²) in [6.07, 6.45) is 6.13. The van der Waals surface area contributed by atoms with Crippen LogP contribution in [0.4, 0.5) is 5.69 Å². The lowest BCUT2D eigenvalue weighted by Gasteiger charge is -2.48. The van der Waals surface area contributed by atoms with E-state index in [0.29, 0.717) is 5.56 Å². The van der Waals surface area contributed by atoms with Gasteiger partial charge in [0.25, 0.3) is 0 Å². The summed E-state index contributed by atoms with van der Waals surface area (Å²) in [6, 6.07) is 8.25. The van der Waals surface area contributed by atoms with Gasteiger partial charge in [-0.2, -0.15) is 0 Å². The summed E-state index contributed by atoms with van der Waals surface area (Å²) in [5.74, 6) is 0. The Labute approximate surface area is 171 Å². The highest BCUT2D eigenvalue weighted by Gasteiger charge is 2.41. The predicted molar refractivity (Wildman–Crippen MR) is 117 cm³/mol. The van der Waals surface area contributed by atoms with E-state index in [4.69, 9.17) is 4.42 Å². The van der Waals surface area contributed by atoms with Crippen LogP contribution in [0.3, 0.4) is 0 Å². The van der Waals surface area contributed by atoms with Crippen LogP contribution in [0.1, 0.15) is 51.7 Å². The molecule has 29 heavy (non-hydrogen) atoms. The Morgan fingerprint density at radius 3 is 2.34 bits per heavy atom. The number of fused-ring (bicyclic) bond motifs is 2. The molecule has 2 aliphatic rings. The number of aryl methyl sites for hydroxylation is 1. The van der Waals surface area contributed by atoms with Gasteiger partial charge in [0, 0.05) is 47.4 Å². The van der Waals surface area contributed by atoms with Crippen molar-refractivity contribution >= 4 is 16.7 Å². The summed E-state index contributed by atoms with van der Waals surface area (Å²) in [5, 5.41) is 1.03. The maximum absolute atomic E-state index is 13.0. The van der Waals surface area contributed by atoms with Crippen LogP contribution in [0.5, 0.6) is 0 Å². The van der Waals surface area contributed by atoms with Gasteiger partial charge < -0.3 is 9.32 Å². The Kier molecular flexibility index (Phi) is 3.77. The van der Waals surface area contributed by atoms with Gasteiger partial charge in [0.1, 0.15) is 12.6 Å². The fourth-order valence-corrected chi connectivity index (χ4v) is 5.03. The van der Waals surface area contributed by atoms with E-state index >= 15 is 0 Å². The molecule has 0 radical (unpaired) electrons. The molecule has 4 heterocycles. The van der Waals surface area contributed by atoms with Gasteiger partial charge in [0.2, 0.25) is 0 Å². The van der Waals surface area contributed by atoms with Crippen LogP contribution in [0.25, 0.3) is 22.1 Å². The summed E-state index contributed by atoms with van der Waals surface area (Å²) in [7, 11) is 1.97. The van der Waals surface area contributed by atoms with Crippen LogP contribution >= 0.6 is 0 Å². The molecule has 2 aliphatic heterocycles. The van der Waals surface area contributed by atoms with Crippen molar-refractivity contribution in [1.29, 1.82) is 0 Å². The van der Waals surface area contributed by atoms with Crippen molar-refractivity contribution in [2.75, 3.05) is 18.0 Å². The quantitative estimate of drug-likeness (QED) is 0.456. The minimum Gasteiger partial charge on any atom is -0.422 e. The SMILES string of the molecule is C[n+]1ccc(-c2cc3cc4c5c(c3oc2=O)C(C)(C)CCN5CCC4(C)C)cc1. The summed E-state index contributed by atoms with van der Waals surface area (Å²) < 4.78 is 8.03. The first-order valence-electron chi connectivity index (χ1n) is 10.5. The maximum Gasteiger partial charge on any atom is 0.344 e. The molecule has 0 unspecified atom stereocenters. The van der Waals surface area contributed by atoms with Crippen LogP contribution in [0.15, 0.2) is 45.9 Å². The van der Waals surface area contributed by atoms with E-state index < -0.39 is 0 Å². The summed E-state index contributed by atoms with van der Waals surface area (Å²) >= 11 is 0. The van der Waals surface area contributed by atoms with Gasteiger partial charge in [-0.15, -0.1) is 0 Å². The van der Waals surface area contributed by atoms with Crippen molar-refractivity contribution in [1.82, 2.24) is 0 Å². The first-order valence-corrected chi connectivity index (χ1v) is 10.5. The van der Waals surface area contributed by atoms with Gasteiger partial charge >= 0.3 is 5.63 Å². The predicted octanol–water partition coefficient (Wildman–Crippen LogP) is 4.45. The standard InChI is InChI=1S/C25H29N2O2/c1-24(2)8-12-27-13-9-25(3,4)20-21(27)19(24)15-17-14-18(23(28)29-22(17)20)16-6-10-26(5)11-7-16/h6-7,10-11,14-15H,8-9,12-13H2,1-5H3/q+1. The monoisotopic (exact) mass is 389 g/mol. The third-order valence-corrected chi connectivity index (χ3v) is 7.02. The highest BCUT2D eigenvalue weighted by molar-refractivity contribution is 5.92. The Balaban J connectivity index is 1.86. The van der Waals surface area contributed by atoms with Crippen LogP contribution in [0, 0.1) is 0 Å². The smallest absolute Gasteiger partial charge is 0.344 e. The number of nitrogens with zero attached hydrogens (tertiary/aromatic N) is 2. The molecule has 1 aromatic carbocycles. The molecule has 0 atom stereocenters. The van der Waals surface area contributed by atoms with Gasteiger partial charge in [0.05, 0.1) is 5.56 Å². The van der Waals surface area contributed by atoms with E-state index in [2.05, 4.69) is 38.7 Å². The average molecular weight is 390 g/mol. The minimum absolute atomic E-state index is 0.0224. The highest BCUT2D eigenvalue weighted by Crippen LogP contribution is 2.51. The van der Waals surface area contributed by atoms with Crippen molar-refractivity contribution in [3.8, 4) is 11.1 Å². The molecule has 0 amide bonds. The second kappa shape index (κ2) is 5.94. The third-order valence-electron chi connectivity index (χ3n) is 7.02. The molecule has 0 aliphatic carbocycles. The number of aromatic nitrogens is 1. The molecule has 0 saturated carbocycles. The van der Waals surface area contributed by atoms with Gasteiger partial charge in [-0.1, -0.05) is 27.7 Å². The molecule has 0 fully saturated rings. The van der Waals surface area contributed by atoms with Gasteiger partial charge in [0.15, 0.2) is 12.4 Å². The fraction of sp³-hybridized carbons (Fsp3) is 0.440. The zero-order valence-electron chi connectivity index (χ0n) is 18.0. The molecule has 3 aromatic rings. The molecule has 4 heteroatoms. The molecule has 0 saturated heterocycles. The first kappa shape index (κ1) is 18.4. The molecular formula is C25H29N2O2+. The number of hydrogen-bond acceptors (Lipinski definition) is 3. The zero-order valence-corrected chi connectivity index (χ0v) is 18.0. The maximum atomic E-state index is 13.0. The van der Waals surface area contributed by atoms with Crippen LogP contribution in [0.2, 0.25) is 0 Å². The second-order valence-corrected chi connectivity index (χ2v) is 10.0. The van der Waals surface area contributed by atoms with E-state index in [-0.39, 0.29) is 16.5 Å². The summed E-state index contributed by atoms with van der Waals surface area (Å²) in [6.45, 7) is 11.4. The number of anilines is 1. The molecule has 5 rings (SSSR count). The van der Waals surface area contributed by atoms with Crippen molar-refractivity contribution in [2.45, 2.75) is 51.4 Å². The van der Waals surface area contributed by atoms with E-state index in [9.17, 15) is 4.79 Å². The van der Waals surface area contributed by atoms with Crippen LogP contribution < -0.4 is 15.1 Å². The number of benzene rings is 1. The molecule has 0 bridgehead atoms. The molecule has 0 N–H and O–H groups in total. The number of hydrogen-bond donors (Lipinski definition) is 0. The van der Waals surface area contributed by atoms with E-state index in [1.54, 1.807) is 0 Å². The zero-order chi connectivity index (χ0) is 20.6. The van der Waals surface area contributed by atoms with Gasteiger partial charge in [-0.05, 0) is 41.4 Å². The summed E-state index contributed by atoms with van der Waals surface area (Å²) in [4.78, 5) is 15.5. The van der Waals surface area contributed by atoms with E-state index in [1.165, 1.54) is 16.8 Å². The van der Waals surface area contributed by atoms with Gasteiger partial charge in [-0.25, -0.2) is 9.36 Å². The number of rotatable bonds is 1. The Morgan fingerprint density at radius 1 is 1.00 bits per heavy atom. The minimum atomic E-state index is -0.259. The molecular weight excluding hydrogens is 360 g/mol. The second-order valence-electron chi connectivity index (χ2n) is 10.0. The highest BCUT2D eigenvalue weighted by atomic mass is 16.4. The fourth-order valence-electron chi connectivity index (χ4n) is 5.03. The number of pyridine rings is 1. The Bertz CT molecular complexity index is 1180. The molecule has 150 valence electrons. The van der Waals surface area contributed by atoms with Crippen molar-refractivity contribution < 1.29 is 8.98 Å². The topological polar surface area (TPSA) is 37.3 Å².